The summed E-state index contributed by atoms with van der Waals surface area (Å²) in [5.41, 5.74) is 1.75. The molecular formula is C19H23ClN3O3+. The third-order valence-electron chi connectivity index (χ3n) is 3.86. The monoisotopic (exact) mass is 376 g/mol. The van der Waals surface area contributed by atoms with Crippen molar-refractivity contribution in [2.75, 3.05) is 18.4 Å². The molecule has 2 aromatic carbocycles. The van der Waals surface area contributed by atoms with Gasteiger partial charge in [0.1, 0.15) is 25.7 Å². The first-order valence-corrected chi connectivity index (χ1v) is 8.87. The van der Waals surface area contributed by atoms with Crippen LogP contribution in [0.3, 0.4) is 0 Å². The summed E-state index contributed by atoms with van der Waals surface area (Å²) in [6, 6.07) is 15.8. The summed E-state index contributed by atoms with van der Waals surface area (Å²) in [6.45, 7) is 2.16. The van der Waals surface area contributed by atoms with Crippen LogP contribution in [0.1, 0.15) is 12.0 Å². The fourth-order valence-corrected chi connectivity index (χ4v) is 2.73. The van der Waals surface area contributed by atoms with Crippen LogP contribution in [0.5, 0.6) is 0 Å². The van der Waals surface area contributed by atoms with Crippen LogP contribution in [-0.4, -0.2) is 31.0 Å². The lowest BCUT2D eigenvalue weighted by atomic mass is 10.2. The molecule has 138 valence electrons. The number of hydrogen-bond donors (Lipinski definition) is 3. The fraction of sp³-hybridized carbons (Fsp3) is 0.263. The van der Waals surface area contributed by atoms with Crippen LogP contribution >= 0.6 is 11.6 Å². The summed E-state index contributed by atoms with van der Waals surface area (Å²) < 4.78 is 0. The van der Waals surface area contributed by atoms with Gasteiger partial charge in [0.25, 0.3) is 0 Å². The van der Waals surface area contributed by atoms with Crippen molar-refractivity contribution < 1.29 is 25.3 Å². The van der Waals surface area contributed by atoms with Crippen molar-refractivity contribution >= 4 is 29.2 Å². The highest BCUT2D eigenvalue weighted by atomic mass is 35.5. The van der Waals surface area contributed by atoms with Crippen LogP contribution in [0.15, 0.2) is 54.6 Å². The number of aliphatic carboxylic acids is 1. The highest BCUT2D eigenvalue weighted by molar-refractivity contribution is 6.30. The molecule has 0 radical (unpaired) electrons. The number of carbonyl (C=O) groups is 2. The molecule has 26 heavy (non-hydrogen) atoms. The number of carboxylic acids is 1. The van der Waals surface area contributed by atoms with Gasteiger partial charge in [0.05, 0.1) is 12.4 Å². The number of amides is 1. The maximum Gasteiger partial charge on any atom is 0.230 e. The molecule has 0 spiro atoms. The van der Waals surface area contributed by atoms with Gasteiger partial charge >= 0.3 is 0 Å². The Morgan fingerprint density at radius 1 is 1.08 bits per heavy atom. The molecule has 0 fully saturated rings. The molecule has 0 aliphatic carbocycles. The van der Waals surface area contributed by atoms with Gasteiger partial charge in [0, 0.05) is 16.3 Å². The van der Waals surface area contributed by atoms with Gasteiger partial charge in [-0.25, -0.2) is 0 Å². The molecule has 2 rings (SSSR count). The highest BCUT2D eigenvalue weighted by Crippen LogP contribution is 2.15. The van der Waals surface area contributed by atoms with E-state index in [9.17, 15) is 14.7 Å². The van der Waals surface area contributed by atoms with Crippen molar-refractivity contribution in [3.63, 3.8) is 0 Å². The Bertz CT molecular complexity index is 725. The summed E-state index contributed by atoms with van der Waals surface area (Å²) in [4.78, 5) is 23.3. The highest BCUT2D eigenvalue weighted by Gasteiger charge is 2.18. The van der Waals surface area contributed by atoms with Crippen LogP contribution < -0.4 is 21.1 Å². The summed E-state index contributed by atoms with van der Waals surface area (Å²) in [6.07, 6.45) is -0.159. The van der Waals surface area contributed by atoms with Crippen LogP contribution in [0.25, 0.3) is 0 Å². The van der Waals surface area contributed by atoms with Crippen molar-refractivity contribution in [3.05, 3.63) is 65.2 Å². The number of halogens is 1. The minimum atomic E-state index is -1.24. The van der Waals surface area contributed by atoms with Crippen LogP contribution in [0, 0.1) is 0 Å². The van der Waals surface area contributed by atoms with Gasteiger partial charge in [0.2, 0.25) is 5.91 Å². The number of anilines is 1. The predicted molar refractivity (Wildman–Crippen MR) is 97.2 cm³/mol. The SMILES string of the molecule is O=C(C[C@@H]([NH2+]CC[NH2+]Cc1ccccc1)C(=O)[O-])Nc1cccc(Cl)c1. The van der Waals surface area contributed by atoms with E-state index in [2.05, 4.69) is 10.6 Å². The second-order valence-electron chi connectivity index (χ2n) is 5.98. The second-order valence-corrected chi connectivity index (χ2v) is 6.42. The lowest BCUT2D eigenvalue weighted by Gasteiger charge is -2.16. The largest absolute Gasteiger partial charge is 0.544 e. The van der Waals surface area contributed by atoms with Crippen molar-refractivity contribution in [2.24, 2.45) is 0 Å². The maximum absolute atomic E-state index is 12.0. The summed E-state index contributed by atoms with van der Waals surface area (Å²) in [5, 5.41) is 18.2. The number of nitrogens with two attached hydrogens (primary N) is 2. The fourth-order valence-electron chi connectivity index (χ4n) is 2.54. The van der Waals surface area contributed by atoms with Gasteiger partial charge in [-0.2, -0.15) is 0 Å². The Labute approximate surface area is 157 Å². The molecule has 0 aliphatic rings. The molecule has 0 aliphatic heterocycles. The average molecular weight is 377 g/mol. The van der Waals surface area contributed by atoms with E-state index < -0.39 is 12.0 Å². The third-order valence-corrected chi connectivity index (χ3v) is 4.10. The van der Waals surface area contributed by atoms with Gasteiger partial charge in [-0.05, 0) is 18.2 Å². The Morgan fingerprint density at radius 2 is 1.85 bits per heavy atom. The summed E-state index contributed by atoms with van der Waals surface area (Å²) >= 11 is 5.86. The summed E-state index contributed by atoms with van der Waals surface area (Å²) in [5.74, 6) is -1.62. The first kappa shape index (κ1) is 19.9. The second kappa shape index (κ2) is 10.6. The molecule has 5 N–H and O–H groups in total. The molecule has 0 unspecified atom stereocenters. The Kier molecular flexibility index (Phi) is 8.08. The van der Waals surface area contributed by atoms with E-state index in [1.54, 1.807) is 29.6 Å². The maximum atomic E-state index is 12.0. The summed E-state index contributed by atoms with van der Waals surface area (Å²) in [7, 11) is 0. The third kappa shape index (κ3) is 7.23. The Hall–Kier alpha value is -2.41. The quantitative estimate of drug-likeness (QED) is 0.469. The average Bonchev–Trinajstić information content (AvgIpc) is 2.61. The first-order chi connectivity index (χ1) is 12.5. The van der Waals surface area contributed by atoms with E-state index >= 15 is 0 Å². The van der Waals surface area contributed by atoms with Crippen molar-refractivity contribution in [1.82, 2.24) is 0 Å². The number of benzene rings is 2. The van der Waals surface area contributed by atoms with E-state index in [1.807, 2.05) is 30.3 Å². The van der Waals surface area contributed by atoms with Crippen molar-refractivity contribution in [1.29, 1.82) is 0 Å². The van der Waals surface area contributed by atoms with Gasteiger partial charge in [-0.3, -0.25) is 4.79 Å². The molecule has 0 bridgehead atoms. The standard InChI is InChI=1S/C19H22ClN3O3/c20-15-7-4-8-16(11-15)23-18(24)12-17(19(25)26)22-10-9-21-13-14-5-2-1-3-6-14/h1-8,11,17,21-22H,9-10,12-13H2,(H,23,24)(H,25,26)/p+1/t17-/m1/s1. The van der Waals surface area contributed by atoms with Gasteiger partial charge in [-0.1, -0.05) is 48.0 Å². The normalized spacial score (nSPS) is 11.7. The molecule has 1 amide bonds. The molecule has 0 saturated heterocycles. The first-order valence-electron chi connectivity index (χ1n) is 8.50. The zero-order valence-electron chi connectivity index (χ0n) is 14.4. The number of hydrogen-bond acceptors (Lipinski definition) is 3. The van der Waals surface area contributed by atoms with Gasteiger partial charge < -0.3 is 25.9 Å². The molecule has 0 heterocycles. The van der Waals surface area contributed by atoms with E-state index in [0.29, 0.717) is 17.3 Å². The Balaban J connectivity index is 1.72. The van der Waals surface area contributed by atoms with Crippen molar-refractivity contribution in [3.8, 4) is 0 Å². The van der Waals surface area contributed by atoms with E-state index in [0.717, 1.165) is 13.1 Å². The molecule has 1 atom stereocenters. The molecule has 2 aromatic rings. The zero-order valence-corrected chi connectivity index (χ0v) is 15.1. The van der Waals surface area contributed by atoms with E-state index in [1.165, 1.54) is 5.56 Å². The molecule has 7 heteroatoms. The van der Waals surface area contributed by atoms with Crippen LogP contribution in [-0.2, 0) is 16.1 Å². The van der Waals surface area contributed by atoms with Crippen molar-refractivity contribution in [2.45, 2.75) is 19.0 Å². The smallest absolute Gasteiger partial charge is 0.230 e. The van der Waals surface area contributed by atoms with E-state index in [4.69, 9.17) is 11.6 Å². The lowest BCUT2D eigenvalue weighted by Crippen LogP contribution is -2.99. The number of carbonyl (C=O) groups excluding carboxylic acids is 2. The number of rotatable bonds is 10. The lowest BCUT2D eigenvalue weighted by molar-refractivity contribution is -0.742. The number of quaternary nitrogens is 2. The van der Waals surface area contributed by atoms with Crippen LogP contribution in [0.2, 0.25) is 5.02 Å². The van der Waals surface area contributed by atoms with Crippen LogP contribution in [0.4, 0.5) is 5.69 Å². The predicted octanol–water partition coefficient (Wildman–Crippen LogP) is -0.886. The topological polar surface area (TPSA) is 102 Å². The van der Waals surface area contributed by atoms with Gasteiger partial charge in [0.15, 0.2) is 0 Å². The van der Waals surface area contributed by atoms with Gasteiger partial charge in [-0.15, -0.1) is 0 Å². The van der Waals surface area contributed by atoms with E-state index in [-0.39, 0.29) is 12.3 Å². The minimum absolute atomic E-state index is 0.159. The molecular weight excluding hydrogens is 354 g/mol. The molecule has 6 nitrogen and oxygen atoms in total. The number of nitrogens with one attached hydrogen (secondary N) is 1. The Morgan fingerprint density at radius 3 is 2.54 bits per heavy atom. The zero-order chi connectivity index (χ0) is 18.8. The minimum Gasteiger partial charge on any atom is -0.544 e. The number of carboxylic acid groups (broad SMARTS) is 1. The molecule has 0 saturated carbocycles. The molecule has 0 aromatic heterocycles.